The van der Waals surface area contributed by atoms with Crippen LogP contribution < -0.4 is 29.6 Å². The molecule has 2 bridgehead atoms. The summed E-state index contributed by atoms with van der Waals surface area (Å²) in [7, 11) is -4.95. The predicted molar refractivity (Wildman–Crippen MR) is 57.0 cm³/mol. The van der Waals surface area contributed by atoms with Crippen molar-refractivity contribution in [2.45, 2.75) is 29.8 Å². The molecule has 98 valence electrons. The van der Waals surface area contributed by atoms with Crippen LogP contribution in [0.1, 0.15) is 12.8 Å². The summed E-state index contributed by atoms with van der Waals surface area (Å²) in [5.74, 6) is 0. The van der Waals surface area contributed by atoms with Crippen molar-refractivity contribution in [1.29, 1.82) is 0 Å². The molecule has 18 heavy (non-hydrogen) atoms. The van der Waals surface area contributed by atoms with Gasteiger partial charge in [0.15, 0.2) is 0 Å². The molecule has 2 atom stereocenters. The summed E-state index contributed by atoms with van der Waals surface area (Å²) >= 11 is 11.5. The van der Waals surface area contributed by atoms with Gasteiger partial charge in [-0.3, -0.25) is 0 Å². The average molecular weight is 327 g/mol. The summed E-state index contributed by atoms with van der Waals surface area (Å²) in [6.07, 6.45) is 1.02. The fourth-order valence-corrected chi connectivity index (χ4v) is 3.03. The van der Waals surface area contributed by atoms with Crippen molar-refractivity contribution in [3.63, 3.8) is 0 Å². The number of piperidine rings is 1. The molecule has 0 spiro atoms. The number of hydrogen-bond acceptors (Lipinski definition) is 5. The van der Waals surface area contributed by atoms with E-state index in [4.69, 9.17) is 23.2 Å². The summed E-state index contributed by atoms with van der Waals surface area (Å²) in [4.78, 5) is 12.3. The van der Waals surface area contributed by atoms with E-state index in [1.54, 1.807) is 0 Å². The van der Waals surface area contributed by atoms with Gasteiger partial charge in [-0.15, -0.1) is 23.2 Å². The van der Waals surface area contributed by atoms with E-state index in [1.165, 1.54) is 4.90 Å². The number of nitrogens with zero attached hydrogens (tertiary/aromatic N) is 2. The van der Waals surface area contributed by atoms with E-state index in [2.05, 4.69) is 4.28 Å². The number of rotatable bonds is 3. The van der Waals surface area contributed by atoms with Crippen LogP contribution in [0.25, 0.3) is 0 Å². The van der Waals surface area contributed by atoms with Crippen LogP contribution >= 0.6 is 23.2 Å². The Kier molecular flexibility index (Phi) is 5.60. The third-order valence-electron chi connectivity index (χ3n) is 2.83. The van der Waals surface area contributed by atoms with Crippen LogP contribution in [0.3, 0.4) is 0 Å². The second-order valence-corrected chi connectivity index (χ2v) is 6.01. The van der Waals surface area contributed by atoms with Crippen LogP contribution in [0.15, 0.2) is 0 Å². The molecule has 2 heterocycles. The van der Waals surface area contributed by atoms with E-state index in [9.17, 15) is 17.8 Å². The molecule has 2 saturated heterocycles. The first-order valence-corrected chi connectivity index (χ1v) is 7.03. The van der Waals surface area contributed by atoms with Crippen LogP contribution in [-0.2, 0) is 14.7 Å². The maximum absolute atomic E-state index is 11.8. The van der Waals surface area contributed by atoms with Crippen molar-refractivity contribution in [3.8, 4) is 0 Å². The van der Waals surface area contributed by atoms with Crippen molar-refractivity contribution in [2.24, 2.45) is 0 Å². The Hall–Kier alpha value is 0.720. The van der Waals surface area contributed by atoms with Crippen LogP contribution in [0.5, 0.6) is 0 Å². The topological polar surface area (TPSA) is 90.0 Å². The number of carbonyl (C=O) groups excluding carboxylic acids is 1. The normalized spacial score (nSPS) is 27.7. The summed E-state index contributed by atoms with van der Waals surface area (Å²) < 4.78 is 35.6. The molecule has 0 saturated carbocycles. The van der Waals surface area contributed by atoms with Gasteiger partial charge in [-0.25, -0.2) is 13.2 Å². The summed E-state index contributed by atoms with van der Waals surface area (Å²) in [6.45, 7) is 0.259. The van der Waals surface area contributed by atoms with Gasteiger partial charge >= 0.3 is 35.6 Å². The summed E-state index contributed by atoms with van der Waals surface area (Å²) in [6, 6.07) is -1.53. The van der Waals surface area contributed by atoms with Crippen LogP contribution in [-0.4, -0.2) is 52.4 Å². The molecule has 2 aliphatic heterocycles. The number of amides is 2. The standard InChI is InChI=1S/C7H10Cl2N2O5S.Na/c8-6(9)5-2-1-4-3-10(5)7(12)11(4)16-17(13,14)15;/h4-6H,1-3H2,(H,13,14,15);/q;+1/p-1/t4-,5+;/m1./s1. The number of halogens is 2. The minimum atomic E-state index is -4.95. The van der Waals surface area contributed by atoms with Gasteiger partial charge in [0.1, 0.15) is 4.84 Å². The molecule has 0 aliphatic carbocycles. The molecule has 0 aromatic heterocycles. The van der Waals surface area contributed by atoms with E-state index in [0.29, 0.717) is 17.9 Å². The zero-order valence-corrected chi connectivity index (χ0v) is 13.8. The molecule has 0 unspecified atom stereocenters. The van der Waals surface area contributed by atoms with Crippen LogP contribution in [0.4, 0.5) is 4.79 Å². The third-order valence-corrected chi connectivity index (χ3v) is 3.76. The number of urea groups is 1. The number of hydroxylamine groups is 2. The molecule has 11 heteroatoms. The zero-order chi connectivity index (χ0) is 12.8. The van der Waals surface area contributed by atoms with E-state index < -0.39 is 27.3 Å². The molecular formula is C7H9Cl2N2NaO5S. The minimum Gasteiger partial charge on any atom is -0.724 e. The molecule has 0 radical (unpaired) electrons. The molecule has 2 amide bonds. The Labute approximate surface area is 137 Å². The Morgan fingerprint density at radius 3 is 2.50 bits per heavy atom. The molecular weight excluding hydrogens is 318 g/mol. The molecule has 2 aliphatic rings. The Bertz CT molecular complexity index is 434. The Morgan fingerprint density at radius 1 is 1.39 bits per heavy atom. The van der Waals surface area contributed by atoms with Crippen molar-refractivity contribution in [3.05, 3.63) is 0 Å². The third kappa shape index (κ3) is 3.43. The molecule has 2 fully saturated rings. The van der Waals surface area contributed by atoms with Crippen molar-refractivity contribution in [2.75, 3.05) is 6.54 Å². The van der Waals surface area contributed by atoms with E-state index in [-0.39, 0.29) is 42.1 Å². The number of hydrogen-bond donors (Lipinski definition) is 0. The van der Waals surface area contributed by atoms with Gasteiger partial charge in [0, 0.05) is 6.54 Å². The largest absolute Gasteiger partial charge is 1.00 e. The van der Waals surface area contributed by atoms with E-state index in [1.807, 2.05) is 0 Å². The fraction of sp³-hybridized carbons (Fsp3) is 0.857. The van der Waals surface area contributed by atoms with Crippen LogP contribution in [0.2, 0.25) is 0 Å². The number of fused-ring (bicyclic) bond motifs is 2. The molecule has 2 rings (SSSR count). The molecule has 0 N–H and O–H groups in total. The first-order chi connectivity index (χ1) is 7.79. The van der Waals surface area contributed by atoms with Gasteiger partial charge in [-0.1, -0.05) is 0 Å². The van der Waals surface area contributed by atoms with E-state index in [0.717, 1.165) is 0 Å². The van der Waals surface area contributed by atoms with Gasteiger partial charge in [0.2, 0.25) is 10.4 Å². The Balaban J connectivity index is 0.00000162. The van der Waals surface area contributed by atoms with Gasteiger partial charge < -0.3 is 9.45 Å². The monoisotopic (exact) mass is 326 g/mol. The second kappa shape index (κ2) is 6.01. The van der Waals surface area contributed by atoms with Gasteiger partial charge in [-0.05, 0) is 12.8 Å². The Morgan fingerprint density at radius 2 is 2.00 bits per heavy atom. The van der Waals surface area contributed by atoms with Crippen molar-refractivity contribution in [1.82, 2.24) is 9.96 Å². The van der Waals surface area contributed by atoms with Crippen molar-refractivity contribution < 1.29 is 51.6 Å². The van der Waals surface area contributed by atoms with E-state index >= 15 is 0 Å². The minimum absolute atomic E-state index is 0. The first-order valence-electron chi connectivity index (χ1n) is 4.83. The SMILES string of the molecule is O=C1N2C[C@@H](CC[C@H]2C(Cl)Cl)N1OS(=O)(=O)[O-].[Na+]. The van der Waals surface area contributed by atoms with Gasteiger partial charge in [0.25, 0.3) is 0 Å². The number of alkyl halides is 2. The maximum Gasteiger partial charge on any atom is 1.00 e. The quantitative estimate of drug-likeness (QED) is 0.246. The summed E-state index contributed by atoms with van der Waals surface area (Å²) in [5.41, 5.74) is 0. The van der Waals surface area contributed by atoms with Gasteiger partial charge in [-0.2, -0.15) is 9.35 Å². The van der Waals surface area contributed by atoms with Crippen LogP contribution in [0, 0.1) is 0 Å². The second-order valence-electron chi connectivity index (χ2n) is 3.88. The molecule has 7 nitrogen and oxygen atoms in total. The van der Waals surface area contributed by atoms with Crippen molar-refractivity contribution >= 4 is 39.6 Å². The zero-order valence-electron chi connectivity index (χ0n) is 9.45. The number of carbonyl (C=O) groups is 1. The fourth-order valence-electron chi connectivity index (χ4n) is 2.12. The maximum atomic E-state index is 11.8. The average Bonchev–Trinajstić information content (AvgIpc) is 2.42. The predicted octanol–water partition coefficient (Wildman–Crippen LogP) is -2.55. The summed E-state index contributed by atoms with van der Waals surface area (Å²) in [5, 5.41) is 0.596. The molecule has 0 aromatic rings. The van der Waals surface area contributed by atoms with Gasteiger partial charge in [0.05, 0.1) is 12.1 Å². The molecule has 0 aromatic carbocycles. The first kappa shape index (κ1) is 16.8. The smallest absolute Gasteiger partial charge is 0.724 e.